The standard InChI is InChI=1S/C22H39N5OS.HI/c1-17(2)15-27-10-11-28-19(16-27)14-25-22(23-3)24-13-18-7-5-9-26(4)21(18)20-8-6-12-29-20;/h6,8,12,17-19,21H,5,7,9-11,13-16H2,1-4H3,(H2,23,24,25);1H. The van der Waals surface area contributed by atoms with Gasteiger partial charge in [0.2, 0.25) is 0 Å². The van der Waals surface area contributed by atoms with Crippen molar-refractivity contribution in [1.29, 1.82) is 0 Å². The fourth-order valence-electron chi connectivity index (χ4n) is 4.63. The van der Waals surface area contributed by atoms with Crippen LogP contribution in [0.4, 0.5) is 0 Å². The lowest BCUT2D eigenvalue weighted by molar-refractivity contribution is -0.0284. The van der Waals surface area contributed by atoms with E-state index in [1.54, 1.807) is 0 Å². The first-order valence-corrected chi connectivity index (χ1v) is 12.0. The minimum atomic E-state index is 0. The Kier molecular flexibility index (Phi) is 11.4. The van der Waals surface area contributed by atoms with Crippen molar-refractivity contribution in [3.63, 3.8) is 0 Å². The summed E-state index contributed by atoms with van der Waals surface area (Å²) in [5.41, 5.74) is 0. The van der Waals surface area contributed by atoms with Crippen molar-refractivity contribution in [2.45, 2.75) is 38.8 Å². The maximum Gasteiger partial charge on any atom is 0.191 e. The third-order valence-electron chi connectivity index (χ3n) is 5.94. The van der Waals surface area contributed by atoms with Gasteiger partial charge in [0.15, 0.2) is 5.96 Å². The Hall–Kier alpha value is -0.420. The fraction of sp³-hybridized carbons (Fsp3) is 0.773. The average Bonchev–Trinajstić information content (AvgIpc) is 3.22. The Bertz CT molecular complexity index is 627. The zero-order valence-corrected chi connectivity index (χ0v) is 22.1. The predicted octanol–water partition coefficient (Wildman–Crippen LogP) is 3.27. The molecular formula is C22H40IN5OS. The molecule has 8 heteroatoms. The van der Waals surface area contributed by atoms with Gasteiger partial charge in [0.25, 0.3) is 0 Å². The van der Waals surface area contributed by atoms with Crippen LogP contribution in [-0.4, -0.2) is 81.8 Å². The van der Waals surface area contributed by atoms with Gasteiger partial charge in [-0.25, -0.2) is 0 Å². The Balaban J connectivity index is 0.00000320. The molecule has 6 nitrogen and oxygen atoms in total. The highest BCUT2D eigenvalue weighted by Gasteiger charge is 2.31. The number of likely N-dealkylation sites (tertiary alicyclic amines) is 1. The van der Waals surface area contributed by atoms with Crippen molar-refractivity contribution in [3.8, 4) is 0 Å². The van der Waals surface area contributed by atoms with Gasteiger partial charge in [-0.05, 0) is 49.7 Å². The molecule has 172 valence electrons. The monoisotopic (exact) mass is 549 g/mol. The van der Waals surface area contributed by atoms with Crippen LogP contribution in [0.15, 0.2) is 22.5 Å². The molecule has 0 aliphatic carbocycles. The Labute approximate surface area is 203 Å². The predicted molar refractivity (Wildman–Crippen MR) is 138 cm³/mol. The van der Waals surface area contributed by atoms with Crippen LogP contribution in [0.1, 0.15) is 37.6 Å². The Morgan fingerprint density at radius 3 is 2.80 bits per heavy atom. The van der Waals surface area contributed by atoms with E-state index in [0.717, 1.165) is 45.3 Å². The normalized spacial score (nSPS) is 26.4. The molecule has 2 saturated heterocycles. The van der Waals surface area contributed by atoms with Crippen molar-refractivity contribution in [1.82, 2.24) is 20.4 Å². The van der Waals surface area contributed by atoms with Crippen molar-refractivity contribution in [2.24, 2.45) is 16.8 Å². The molecule has 30 heavy (non-hydrogen) atoms. The molecule has 1 aromatic rings. The molecule has 0 bridgehead atoms. The zero-order valence-electron chi connectivity index (χ0n) is 19.0. The van der Waals surface area contributed by atoms with Crippen molar-refractivity contribution in [3.05, 3.63) is 22.4 Å². The number of hydrogen-bond acceptors (Lipinski definition) is 5. The molecule has 2 N–H and O–H groups in total. The largest absolute Gasteiger partial charge is 0.374 e. The van der Waals surface area contributed by atoms with Crippen LogP contribution < -0.4 is 10.6 Å². The number of nitrogens with one attached hydrogen (secondary N) is 2. The van der Waals surface area contributed by atoms with Gasteiger partial charge in [0.1, 0.15) is 0 Å². The van der Waals surface area contributed by atoms with Gasteiger partial charge in [-0.3, -0.25) is 14.8 Å². The van der Waals surface area contributed by atoms with Crippen LogP contribution >= 0.6 is 35.3 Å². The molecule has 2 fully saturated rings. The lowest BCUT2D eigenvalue weighted by Gasteiger charge is -2.39. The summed E-state index contributed by atoms with van der Waals surface area (Å²) in [6.07, 6.45) is 2.74. The van der Waals surface area contributed by atoms with E-state index in [1.807, 2.05) is 18.4 Å². The van der Waals surface area contributed by atoms with E-state index in [4.69, 9.17) is 4.74 Å². The maximum atomic E-state index is 5.97. The highest BCUT2D eigenvalue weighted by molar-refractivity contribution is 14.0. The van der Waals surface area contributed by atoms with Gasteiger partial charge in [-0.2, -0.15) is 0 Å². The van der Waals surface area contributed by atoms with Crippen LogP contribution in [0.25, 0.3) is 0 Å². The van der Waals surface area contributed by atoms with Crippen molar-refractivity contribution in [2.75, 3.05) is 60.0 Å². The molecule has 0 aromatic carbocycles. The lowest BCUT2D eigenvalue weighted by Crippen LogP contribution is -2.51. The first-order chi connectivity index (χ1) is 14.1. The molecule has 0 amide bonds. The SMILES string of the molecule is CN=C(NCC1CN(CC(C)C)CCO1)NCC1CCCN(C)C1c1cccs1.I. The number of ether oxygens (including phenoxy) is 1. The van der Waals surface area contributed by atoms with Crippen molar-refractivity contribution >= 4 is 41.3 Å². The number of rotatable bonds is 7. The van der Waals surface area contributed by atoms with E-state index in [9.17, 15) is 0 Å². The maximum absolute atomic E-state index is 5.97. The quantitative estimate of drug-likeness (QED) is 0.311. The second kappa shape index (κ2) is 13.2. The van der Waals surface area contributed by atoms with Gasteiger partial charge in [-0.15, -0.1) is 35.3 Å². The summed E-state index contributed by atoms with van der Waals surface area (Å²) in [5.74, 6) is 2.17. The fourth-order valence-corrected chi connectivity index (χ4v) is 5.61. The van der Waals surface area contributed by atoms with Gasteiger partial charge in [0, 0.05) is 50.7 Å². The van der Waals surface area contributed by atoms with E-state index in [2.05, 4.69) is 63.8 Å². The van der Waals surface area contributed by atoms with E-state index in [0.29, 0.717) is 17.9 Å². The van der Waals surface area contributed by atoms with E-state index in [-0.39, 0.29) is 30.1 Å². The number of piperidine rings is 1. The third-order valence-corrected chi connectivity index (χ3v) is 6.88. The first-order valence-electron chi connectivity index (χ1n) is 11.1. The second-order valence-corrected chi connectivity index (χ2v) is 9.80. The molecule has 1 aromatic heterocycles. The number of nitrogens with zero attached hydrogens (tertiary/aromatic N) is 3. The molecular weight excluding hydrogens is 509 g/mol. The van der Waals surface area contributed by atoms with E-state index in [1.165, 1.54) is 24.3 Å². The van der Waals surface area contributed by atoms with E-state index >= 15 is 0 Å². The van der Waals surface area contributed by atoms with Crippen LogP contribution in [0.5, 0.6) is 0 Å². The summed E-state index contributed by atoms with van der Waals surface area (Å²) in [4.78, 5) is 10.9. The van der Waals surface area contributed by atoms with Gasteiger partial charge in [-0.1, -0.05) is 19.9 Å². The van der Waals surface area contributed by atoms with Gasteiger partial charge >= 0.3 is 0 Å². The van der Waals surface area contributed by atoms with Crippen LogP contribution in [-0.2, 0) is 4.74 Å². The molecule has 0 saturated carbocycles. The number of halogens is 1. The number of thiophene rings is 1. The zero-order chi connectivity index (χ0) is 20.6. The summed E-state index contributed by atoms with van der Waals surface area (Å²) < 4.78 is 5.97. The summed E-state index contributed by atoms with van der Waals surface area (Å²) in [6.45, 7) is 11.5. The molecule has 3 rings (SSSR count). The van der Waals surface area contributed by atoms with Gasteiger partial charge in [0.05, 0.1) is 12.7 Å². The van der Waals surface area contributed by atoms with Crippen LogP contribution in [0.3, 0.4) is 0 Å². The smallest absolute Gasteiger partial charge is 0.191 e. The molecule has 2 aliphatic heterocycles. The number of aliphatic imine (C=N–C) groups is 1. The number of morpholine rings is 1. The van der Waals surface area contributed by atoms with Crippen molar-refractivity contribution < 1.29 is 4.74 Å². The highest BCUT2D eigenvalue weighted by atomic mass is 127. The molecule has 0 radical (unpaired) electrons. The molecule has 0 spiro atoms. The minimum Gasteiger partial charge on any atom is -0.374 e. The summed E-state index contributed by atoms with van der Waals surface area (Å²) in [6, 6.07) is 4.95. The van der Waals surface area contributed by atoms with Gasteiger partial charge < -0.3 is 15.4 Å². The number of guanidine groups is 1. The summed E-state index contributed by atoms with van der Waals surface area (Å²) in [7, 11) is 4.11. The Morgan fingerprint density at radius 2 is 2.10 bits per heavy atom. The highest BCUT2D eigenvalue weighted by Crippen LogP contribution is 2.36. The number of hydrogen-bond donors (Lipinski definition) is 2. The summed E-state index contributed by atoms with van der Waals surface area (Å²) in [5, 5.41) is 9.26. The van der Waals surface area contributed by atoms with Crippen LogP contribution in [0.2, 0.25) is 0 Å². The summed E-state index contributed by atoms with van der Waals surface area (Å²) >= 11 is 1.87. The second-order valence-electron chi connectivity index (χ2n) is 8.82. The molecule has 3 heterocycles. The first kappa shape index (κ1) is 25.8. The molecule has 3 unspecified atom stereocenters. The van der Waals surface area contributed by atoms with Crippen LogP contribution in [0, 0.1) is 11.8 Å². The molecule has 3 atom stereocenters. The third kappa shape index (κ3) is 7.62. The average molecular weight is 550 g/mol. The molecule has 2 aliphatic rings. The lowest BCUT2D eigenvalue weighted by atomic mass is 9.88. The topological polar surface area (TPSA) is 52.1 Å². The Morgan fingerprint density at radius 1 is 1.30 bits per heavy atom. The minimum absolute atomic E-state index is 0. The van der Waals surface area contributed by atoms with E-state index < -0.39 is 0 Å².